The first-order valence-corrected chi connectivity index (χ1v) is 8.34. The number of fused-ring (bicyclic) bond motifs is 1. The highest BCUT2D eigenvalue weighted by atomic mass is 32.2. The number of carbonyl (C=O) groups excluding carboxylic acids is 1. The third kappa shape index (κ3) is 3.60. The van der Waals surface area contributed by atoms with Gasteiger partial charge in [0, 0.05) is 13.6 Å². The quantitative estimate of drug-likeness (QED) is 0.776. The van der Waals surface area contributed by atoms with Gasteiger partial charge in [-0.15, -0.1) is 10.2 Å². The van der Waals surface area contributed by atoms with E-state index >= 15 is 0 Å². The Morgan fingerprint density at radius 1 is 1.36 bits per heavy atom. The van der Waals surface area contributed by atoms with E-state index in [9.17, 15) is 4.79 Å². The van der Waals surface area contributed by atoms with Crippen molar-refractivity contribution in [1.29, 1.82) is 0 Å². The van der Waals surface area contributed by atoms with E-state index < -0.39 is 0 Å². The molecule has 0 atom stereocenters. The van der Waals surface area contributed by atoms with E-state index in [1.807, 2.05) is 18.2 Å². The Labute approximate surface area is 135 Å². The minimum atomic E-state index is -0.0520. The van der Waals surface area contributed by atoms with Crippen LogP contribution in [-0.2, 0) is 11.3 Å². The zero-order valence-electron chi connectivity index (χ0n) is 11.8. The highest BCUT2D eigenvalue weighted by Gasteiger charge is 2.13. The number of benzene rings is 1. The number of ether oxygens (including phenoxy) is 2. The predicted molar refractivity (Wildman–Crippen MR) is 84.6 cm³/mol. The van der Waals surface area contributed by atoms with Gasteiger partial charge in [-0.1, -0.05) is 29.2 Å². The fourth-order valence-corrected chi connectivity index (χ4v) is 3.33. The Kier molecular flexibility index (Phi) is 4.64. The molecule has 0 aliphatic carbocycles. The number of aromatic nitrogens is 2. The largest absolute Gasteiger partial charge is 0.454 e. The van der Waals surface area contributed by atoms with Crippen molar-refractivity contribution in [3.05, 3.63) is 23.8 Å². The van der Waals surface area contributed by atoms with Crippen LogP contribution in [0.1, 0.15) is 5.56 Å². The van der Waals surface area contributed by atoms with Gasteiger partial charge in [0.25, 0.3) is 0 Å². The van der Waals surface area contributed by atoms with Gasteiger partial charge in [0.2, 0.25) is 17.8 Å². The van der Waals surface area contributed by atoms with E-state index in [-0.39, 0.29) is 12.7 Å². The monoisotopic (exact) mass is 338 g/mol. The van der Waals surface area contributed by atoms with Crippen LogP contribution in [0.15, 0.2) is 22.5 Å². The van der Waals surface area contributed by atoms with E-state index in [1.165, 1.54) is 23.1 Å². The molecule has 1 aliphatic rings. The fourth-order valence-electron chi connectivity index (χ4n) is 1.80. The molecule has 9 heteroatoms. The van der Waals surface area contributed by atoms with Crippen LogP contribution >= 0.6 is 23.1 Å². The third-order valence-corrected chi connectivity index (χ3v) is 4.95. The standard InChI is InChI=1S/C13H14N4O3S2/c1-14-12-16-17-13(22-12)21-6-11(18)15-5-8-2-3-9-10(4-8)20-7-19-9/h2-4H,5-7H2,1H3,(H,14,16)(H,15,18). The van der Waals surface area contributed by atoms with E-state index in [0.717, 1.165) is 26.5 Å². The summed E-state index contributed by atoms with van der Waals surface area (Å²) >= 11 is 2.79. The van der Waals surface area contributed by atoms with Crippen LogP contribution in [0, 0.1) is 0 Å². The maximum absolute atomic E-state index is 11.9. The molecule has 2 N–H and O–H groups in total. The summed E-state index contributed by atoms with van der Waals surface area (Å²) in [5.74, 6) is 1.71. The molecule has 0 bridgehead atoms. The first-order valence-electron chi connectivity index (χ1n) is 6.54. The molecule has 1 amide bonds. The molecular weight excluding hydrogens is 324 g/mol. The number of anilines is 1. The van der Waals surface area contributed by atoms with E-state index in [4.69, 9.17) is 9.47 Å². The summed E-state index contributed by atoms with van der Waals surface area (Å²) in [5, 5.41) is 14.4. The molecular formula is C13H14N4O3S2. The Morgan fingerprint density at radius 2 is 2.23 bits per heavy atom. The lowest BCUT2D eigenvalue weighted by atomic mass is 10.2. The molecule has 22 heavy (non-hydrogen) atoms. The van der Waals surface area contributed by atoms with Crippen LogP contribution in [0.3, 0.4) is 0 Å². The number of amides is 1. The molecule has 2 heterocycles. The van der Waals surface area contributed by atoms with Gasteiger partial charge in [0.1, 0.15) is 0 Å². The van der Waals surface area contributed by atoms with Crippen LogP contribution in [0.4, 0.5) is 5.13 Å². The zero-order valence-corrected chi connectivity index (χ0v) is 13.4. The van der Waals surface area contributed by atoms with Crippen molar-refractivity contribution < 1.29 is 14.3 Å². The molecule has 0 radical (unpaired) electrons. The summed E-state index contributed by atoms with van der Waals surface area (Å²) in [5.41, 5.74) is 0.969. The maximum atomic E-state index is 11.9. The topological polar surface area (TPSA) is 85.4 Å². The summed E-state index contributed by atoms with van der Waals surface area (Å²) in [4.78, 5) is 11.9. The van der Waals surface area contributed by atoms with E-state index in [2.05, 4.69) is 20.8 Å². The van der Waals surface area contributed by atoms with E-state index in [0.29, 0.717) is 12.3 Å². The SMILES string of the molecule is CNc1nnc(SCC(=O)NCc2ccc3c(c2)OCO3)s1. The number of rotatable bonds is 6. The number of nitrogens with one attached hydrogen (secondary N) is 2. The molecule has 1 aromatic heterocycles. The number of thioether (sulfide) groups is 1. The minimum Gasteiger partial charge on any atom is -0.454 e. The van der Waals surface area contributed by atoms with Crippen molar-refractivity contribution in [3.63, 3.8) is 0 Å². The third-order valence-electron chi connectivity index (χ3n) is 2.87. The van der Waals surface area contributed by atoms with Crippen LogP contribution in [0.5, 0.6) is 11.5 Å². The minimum absolute atomic E-state index is 0.0520. The average molecular weight is 338 g/mol. The van der Waals surface area contributed by atoms with Crippen molar-refractivity contribution in [1.82, 2.24) is 15.5 Å². The summed E-state index contributed by atoms with van der Waals surface area (Å²) in [6.45, 7) is 0.701. The second-order valence-corrected chi connectivity index (χ2v) is 6.58. The Morgan fingerprint density at radius 3 is 3.05 bits per heavy atom. The van der Waals surface area contributed by atoms with Crippen LogP contribution in [0.25, 0.3) is 0 Å². The predicted octanol–water partition coefficient (Wildman–Crippen LogP) is 1.72. The first-order chi connectivity index (χ1) is 10.7. The number of nitrogens with zero attached hydrogens (tertiary/aromatic N) is 2. The Balaban J connectivity index is 1.46. The smallest absolute Gasteiger partial charge is 0.231 e. The van der Waals surface area contributed by atoms with Crippen molar-refractivity contribution in [2.75, 3.05) is 24.9 Å². The maximum Gasteiger partial charge on any atom is 0.231 e. The molecule has 0 unspecified atom stereocenters. The Bertz CT molecular complexity index is 677. The zero-order chi connectivity index (χ0) is 15.4. The average Bonchev–Trinajstić information content (AvgIpc) is 3.19. The molecule has 0 saturated heterocycles. The highest BCUT2D eigenvalue weighted by molar-refractivity contribution is 8.01. The second kappa shape index (κ2) is 6.84. The molecule has 7 nitrogen and oxygen atoms in total. The van der Waals surface area contributed by atoms with Crippen LogP contribution < -0.4 is 20.1 Å². The molecule has 3 rings (SSSR count). The summed E-state index contributed by atoms with van der Waals surface area (Å²) in [6.07, 6.45) is 0. The molecule has 116 valence electrons. The van der Waals surface area contributed by atoms with Gasteiger partial charge in [-0.3, -0.25) is 4.79 Å². The lowest BCUT2D eigenvalue weighted by Gasteiger charge is -2.05. The van der Waals surface area contributed by atoms with Crippen molar-refractivity contribution in [2.24, 2.45) is 0 Å². The van der Waals surface area contributed by atoms with E-state index in [1.54, 1.807) is 7.05 Å². The van der Waals surface area contributed by atoms with Crippen LogP contribution in [0.2, 0.25) is 0 Å². The summed E-state index contributed by atoms with van der Waals surface area (Å²) in [7, 11) is 1.78. The molecule has 1 aliphatic heterocycles. The molecule has 0 spiro atoms. The van der Waals surface area contributed by atoms with Gasteiger partial charge in [-0.2, -0.15) is 0 Å². The second-order valence-electron chi connectivity index (χ2n) is 4.38. The van der Waals surface area contributed by atoms with Gasteiger partial charge in [0.05, 0.1) is 5.75 Å². The van der Waals surface area contributed by atoms with Gasteiger partial charge in [-0.05, 0) is 17.7 Å². The number of hydrogen-bond donors (Lipinski definition) is 2. The van der Waals surface area contributed by atoms with Crippen molar-refractivity contribution in [2.45, 2.75) is 10.9 Å². The molecule has 1 aromatic carbocycles. The summed E-state index contributed by atoms with van der Waals surface area (Å²) in [6, 6.07) is 5.63. The molecule has 0 saturated carbocycles. The van der Waals surface area contributed by atoms with Gasteiger partial charge < -0.3 is 20.1 Å². The lowest BCUT2D eigenvalue weighted by molar-refractivity contribution is -0.118. The first kappa shape index (κ1) is 14.9. The van der Waals surface area contributed by atoms with Gasteiger partial charge in [0.15, 0.2) is 15.8 Å². The highest BCUT2D eigenvalue weighted by Crippen LogP contribution is 2.32. The molecule has 0 fully saturated rings. The van der Waals surface area contributed by atoms with Crippen molar-refractivity contribution >= 4 is 34.1 Å². The van der Waals surface area contributed by atoms with Crippen molar-refractivity contribution in [3.8, 4) is 11.5 Å². The lowest BCUT2D eigenvalue weighted by Crippen LogP contribution is -2.24. The van der Waals surface area contributed by atoms with Gasteiger partial charge >= 0.3 is 0 Å². The van der Waals surface area contributed by atoms with Crippen LogP contribution in [-0.4, -0.2) is 35.7 Å². The molecule has 2 aromatic rings. The van der Waals surface area contributed by atoms with Gasteiger partial charge in [-0.25, -0.2) is 0 Å². The number of carbonyl (C=O) groups is 1. The fraction of sp³-hybridized carbons (Fsp3) is 0.308. The Hall–Kier alpha value is -2.00. The number of hydrogen-bond acceptors (Lipinski definition) is 8. The summed E-state index contributed by atoms with van der Waals surface area (Å²) < 4.78 is 11.3. The normalized spacial score (nSPS) is 12.2.